The number of aliphatic imine (C=N–C) groups is 1. The molecule has 0 atom stereocenters. The van der Waals surface area contributed by atoms with Gasteiger partial charge in [-0.1, -0.05) is 0 Å². The number of hydrogen-bond acceptors (Lipinski definition) is 1. The minimum atomic E-state index is 0.695. The molecule has 1 aliphatic carbocycles. The van der Waals surface area contributed by atoms with Crippen LogP contribution in [0.2, 0.25) is 0 Å². The average molecular weight is 141 g/mol. The normalized spacial score (nSPS) is 18.9. The molecule has 0 aliphatic heterocycles. The maximum Gasteiger partial charge on any atom is 0.193 e. The first-order valence-electron chi connectivity index (χ1n) is 3.64. The largest absolute Gasteiger partial charge is 0.354 e. The van der Waals surface area contributed by atoms with Gasteiger partial charge in [0, 0.05) is 27.2 Å². The number of guanidine groups is 1. The van der Waals surface area contributed by atoms with Gasteiger partial charge in [0.1, 0.15) is 0 Å². The van der Waals surface area contributed by atoms with Crippen molar-refractivity contribution < 1.29 is 0 Å². The van der Waals surface area contributed by atoms with Gasteiger partial charge in [-0.3, -0.25) is 4.99 Å². The maximum absolute atomic E-state index is 4.10. The van der Waals surface area contributed by atoms with Crippen LogP contribution >= 0.6 is 0 Å². The van der Waals surface area contributed by atoms with E-state index >= 15 is 0 Å². The Bertz CT molecular complexity index is 136. The quantitative estimate of drug-likeness (QED) is 0.420. The molecule has 58 valence electrons. The van der Waals surface area contributed by atoms with Crippen LogP contribution in [0.25, 0.3) is 0 Å². The molecule has 0 unspecified atom stereocenters. The second kappa shape index (κ2) is 2.90. The van der Waals surface area contributed by atoms with E-state index in [0.29, 0.717) is 6.04 Å². The summed E-state index contributed by atoms with van der Waals surface area (Å²) in [6.45, 7) is 0. The molecular formula is C7H15N3. The van der Waals surface area contributed by atoms with E-state index in [2.05, 4.69) is 10.3 Å². The third-order valence-electron chi connectivity index (χ3n) is 1.55. The summed E-state index contributed by atoms with van der Waals surface area (Å²) in [5, 5.41) is 3.32. The molecule has 1 rings (SSSR count). The molecule has 10 heavy (non-hydrogen) atoms. The Balaban J connectivity index is 2.32. The van der Waals surface area contributed by atoms with Gasteiger partial charge < -0.3 is 10.2 Å². The molecule has 1 aliphatic rings. The summed E-state index contributed by atoms with van der Waals surface area (Å²) in [7, 11) is 5.81. The molecule has 0 radical (unpaired) electrons. The van der Waals surface area contributed by atoms with Crippen LogP contribution in [0.5, 0.6) is 0 Å². The summed E-state index contributed by atoms with van der Waals surface area (Å²) in [5.74, 6) is 0.988. The minimum absolute atomic E-state index is 0.695. The zero-order valence-electron chi connectivity index (χ0n) is 6.89. The Hall–Kier alpha value is -0.730. The number of nitrogens with one attached hydrogen (secondary N) is 1. The maximum atomic E-state index is 4.10. The van der Waals surface area contributed by atoms with Crippen molar-refractivity contribution in [2.45, 2.75) is 18.9 Å². The van der Waals surface area contributed by atoms with Crippen molar-refractivity contribution in [3.05, 3.63) is 0 Å². The topological polar surface area (TPSA) is 27.6 Å². The van der Waals surface area contributed by atoms with Crippen LogP contribution in [0.1, 0.15) is 12.8 Å². The summed E-state index contributed by atoms with van der Waals surface area (Å²) in [5.41, 5.74) is 0. The van der Waals surface area contributed by atoms with E-state index in [1.807, 2.05) is 26.0 Å². The molecule has 3 nitrogen and oxygen atoms in total. The van der Waals surface area contributed by atoms with Gasteiger partial charge in [-0.2, -0.15) is 0 Å². The van der Waals surface area contributed by atoms with Crippen LogP contribution in [0, 0.1) is 0 Å². The highest BCUT2D eigenvalue weighted by Gasteiger charge is 2.22. The Kier molecular flexibility index (Phi) is 2.14. The first-order chi connectivity index (χ1) is 4.74. The monoisotopic (exact) mass is 141 g/mol. The fourth-order valence-corrected chi connectivity index (χ4v) is 0.804. The van der Waals surface area contributed by atoms with E-state index < -0.39 is 0 Å². The molecule has 3 heteroatoms. The van der Waals surface area contributed by atoms with E-state index in [-0.39, 0.29) is 0 Å². The van der Waals surface area contributed by atoms with Crippen molar-refractivity contribution in [1.29, 1.82) is 0 Å². The Labute approximate surface area is 62.1 Å². The second-order valence-electron chi connectivity index (χ2n) is 2.86. The zero-order chi connectivity index (χ0) is 7.56. The summed E-state index contributed by atoms with van der Waals surface area (Å²) in [4.78, 5) is 6.10. The van der Waals surface area contributed by atoms with Crippen molar-refractivity contribution in [3.63, 3.8) is 0 Å². The first kappa shape index (κ1) is 7.38. The van der Waals surface area contributed by atoms with Crippen molar-refractivity contribution in [2.75, 3.05) is 21.1 Å². The molecule has 0 aromatic carbocycles. The predicted octanol–water partition coefficient (Wildman–Crippen LogP) is 0.286. The highest BCUT2D eigenvalue weighted by atomic mass is 15.3. The Morgan fingerprint density at radius 3 is 2.40 bits per heavy atom. The van der Waals surface area contributed by atoms with Gasteiger partial charge >= 0.3 is 0 Å². The fourth-order valence-electron chi connectivity index (χ4n) is 0.804. The predicted molar refractivity (Wildman–Crippen MR) is 43.2 cm³/mol. The van der Waals surface area contributed by atoms with Gasteiger partial charge in [0.15, 0.2) is 5.96 Å². The molecule has 0 heterocycles. The summed E-state index contributed by atoms with van der Waals surface area (Å²) in [6, 6.07) is 0.695. The Morgan fingerprint density at radius 1 is 1.50 bits per heavy atom. The molecule has 1 saturated carbocycles. The molecule has 0 bridgehead atoms. The summed E-state index contributed by atoms with van der Waals surface area (Å²) in [6.07, 6.45) is 2.60. The van der Waals surface area contributed by atoms with Crippen LogP contribution < -0.4 is 5.32 Å². The van der Waals surface area contributed by atoms with Crippen molar-refractivity contribution in [2.24, 2.45) is 4.99 Å². The van der Waals surface area contributed by atoms with Gasteiger partial charge in [0.25, 0.3) is 0 Å². The lowest BCUT2D eigenvalue weighted by molar-refractivity contribution is 0.582. The smallest absolute Gasteiger partial charge is 0.193 e. The third kappa shape index (κ3) is 1.90. The SMILES string of the molecule is CN=C(NC1CC1)N(C)C. The van der Waals surface area contributed by atoms with Crippen molar-refractivity contribution in [3.8, 4) is 0 Å². The van der Waals surface area contributed by atoms with Crippen LogP contribution in [0.15, 0.2) is 4.99 Å². The lowest BCUT2D eigenvalue weighted by Gasteiger charge is -2.15. The Morgan fingerprint density at radius 2 is 2.10 bits per heavy atom. The third-order valence-corrected chi connectivity index (χ3v) is 1.55. The summed E-state index contributed by atoms with van der Waals surface area (Å²) >= 11 is 0. The number of rotatable bonds is 1. The van der Waals surface area contributed by atoms with E-state index in [9.17, 15) is 0 Å². The van der Waals surface area contributed by atoms with Crippen LogP contribution in [-0.4, -0.2) is 38.0 Å². The fraction of sp³-hybridized carbons (Fsp3) is 0.857. The second-order valence-corrected chi connectivity index (χ2v) is 2.86. The van der Waals surface area contributed by atoms with Gasteiger partial charge in [-0.15, -0.1) is 0 Å². The van der Waals surface area contributed by atoms with Crippen molar-refractivity contribution >= 4 is 5.96 Å². The number of hydrogen-bond donors (Lipinski definition) is 1. The zero-order valence-corrected chi connectivity index (χ0v) is 6.89. The van der Waals surface area contributed by atoms with Gasteiger partial charge in [0.05, 0.1) is 0 Å². The van der Waals surface area contributed by atoms with E-state index in [0.717, 1.165) is 5.96 Å². The molecular weight excluding hydrogens is 126 g/mol. The van der Waals surface area contributed by atoms with Gasteiger partial charge in [0.2, 0.25) is 0 Å². The molecule has 0 saturated heterocycles. The molecule has 0 aromatic heterocycles. The average Bonchev–Trinajstić information content (AvgIpc) is 2.64. The number of nitrogens with zero attached hydrogens (tertiary/aromatic N) is 2. The molecule has 0 aromatic rings. The highest BCUT2D eigenvalue weighted by Crippen LogP contribution is 2.18. The molecule has 0 spiro atoms. The van der Waals surface area contributed by atoms with Crippen LogP contribution in [0.4, 0.5) is 0 Å². The standard InChI is InChI=1S/C7H15N3/c1-8-7(10(2)3)9-6-4-5-6/h6H,4-5H2,1-3H3,(H,8,9). The van der Waals surface area contributed by atoms with E-state index in [1.165, 1.54) is 12.8 Å². The van der Waals surface area contributed by atoms with Crippen LogP contribution in [0.3, 0.4) is 0 Å². The van der Waals surface area contributed by atoms with E-state index in [4.69, 9.17) is 0 Å². The minimum Gasteiger partial charge on any atom is -0.354 e. The van der Waals surface area contributed by atoms with E-state index in [1.54, 1.807) is 0 Å². The molecule has 0 amide bonds. The lowest BCUT2D eigenvalue weighted by Crippen LogP contribution is -2.37. The highest BCUT2D eigenvalue weighted by molar-refractivity contribution is 5.79. The lowest BCUT2D eigenvalue weighted by atomic mass is 10.6. The van der Waals surface area contributed by atoms with Gasteiger partial charge in [-0.25, -0.2) is 0 Å². The molecule has 1 fully saturated rings. The summed E-state index contributed by atoms with van der Waals surface area (Å²) < 4.78 is 0. The van der Waals surface area contributed by atoms with Crippen LogP contribution in [-0.2, 0) is 0 Å². The van der Waals surface area contributed by atoms with Crippen molar-refractivity contribution in [1.82, 2.24) is 10.2 Å². The first-order valence-corrected chi connectivity index (χ1v) is 3.64. The molecule has 1 N–H and O–H groups in total. The van der Waals surface area contributed by atoms with Gasteiger partial charge in [-0.05, 0) is 12.8 Å².